The molecule has 0 aliphatic heterocycles. The number of nitrogens with one attached hydrogen (secondary N) is 2. The van der Waals surface area contributed by atoms with Gasteiger partial charge < -0.3 is 15.7 Å². The highest BCUT2D eigenvalue weighted by atomic mass is 79.9. The van der Waals surface area contributed by atoms with Crippen LogP contribution in [0.25, 0.3) is 0 Å². The number of carboxylic acids is 1. The van der Waals surface area contributed by atoms with E-state index in [1.807, 2.05) is 6.07 Å². The van der Waals surface area contributed by atoms with Gasteiger partial charge in [-0.25, -0.2) is 4.79 Å². The Labute approximate surface area is 134 Å². The van der Waals surface area contributed by atoms with Crippen LogP contribution in [-0.4, -0.2) is 40.4 Å². The zero-order valence-corrected chi connectivity index (χ0v) is 13.7. The Kier molecular flexibility index (Phi) is 7.24. The first-order valence-electron chi connectivity index (χ1n) is 6.02. The van der Waals surface area contributed by atoms with Crippen molar-refractivity contribution in [1.82, 2.24) is 5.32 Å². The molecule has 6 nitrogen and oxygen atoms in total. The van der Waals surface area contributed by atoms with Gasteiger partial charge in [-0.05, 0) is 28.1 Å². The van der Waals surface area contributed by atoms with Gasteiger partial charge in [0.05, 0.1) is 11.4 Å². The molecule has 1 atom stereocenters. The number of amides is 2. The van der Waals surface area contributed by atoms with Crippen molar-refractivity contribution in [2.75, 3.05) is 16.8 Å². The largest absolute Gasteiger partial charge is 0.480 e. The summed E-state index contributed by atoms with van der Waals surface area (Å²) < 4.78 is 0.769. The van der Waals surface area contributed by atoms with Crippen molar-refractivity contribution >= 4 is 51.2 Å². The van der Waals surface area contributed by atoms with Gasteiger partial charge in [0.2, 0.25) is 11.8 Å². The summed E-state index contributed by atoms with van der Waals surface area (Å²) in [6.45, 7) is 1.25. The van der Waals surface area contributed by atoms with Crippen molar-refractivity contribution in [1.29, 1.82) is 0 Å². The number of thioether (sulfide) groups is 1. The minimum absolute atomic E-state index is 0.102. The lowest BCUT2D eigenvalue weighted by Gasteiger charge is -2.12. The maximum absolute atomic E-state index is 11.8. The first-order chi connectivity index (χ1) is 9.90. The van der Waals surface area contributed by atoms with E-state index in [-0.39, 0.29) is 17.4 Å². The van der Waals surface area contributed by atoms with Crippen molar-refractivity contribution in [3.05, 3.63) is 28.7 Å². The summed E-state index contributed by atoms with van der Waals surface area (Å²) in [4.78, 5) is 33.5. The predicted molar refractivity (Wildman–Crippen MR) is 85.3 cm³/mol. The fourth-order valence-corrected chi connectivity index (χ4v) is 2.66. The highest BCUT2D eigenvalue weighted by molar-refractivity contribution is 9.10. The van der Waals surface area contributed by atoms with Crippen LogP contribution in [0.15, 0.2) is 28.7 Å². The number of aliphatic carboxylic acids is 1. The molecule has 1 unspecified atom stereocenters. The summed E-state index contributed by atoms with van der Waals surface area (Å²) in [6.07, 6.45) is 0. The van der Waals surface area contributed by atoms with Crippen molar-refractivity contribution in [3.63, 3.8) is 0 Å². The molecule has 0 saturated carbocycles. The molecule has 114 valence electrons. The smallest absolute Gasteiger partial charge is 0.327 e. The second-order valence-corrected chi connectivity index (χ2v) is 6.02. The van der Waals surface area contributed by atoms with Gasteiger partial charge in [-0.2, -0.15) is 0 Å². The summed E-state index contributed by atoms with van der Waals surface area (Å²) in [5.74, 6) is -1.55. The molecule has 1 aromatic rings. The van der Waals surface area contributed by atoms with Crippen LogP contribution < -0.4 is 10.6 Å². The molecule has 3 N–H and O–H groups in total. The Bertz CT molecular complexity index is 539. The summed E-state index contributed by atoms with van der Waals surface area (Å²) in [6, 6.07) is 6.19. The zero-order valence-electron chi connectivity index (χ0n) is 11.3. The van der Waals surface area contributed by atoms with Crippen LogP contribution in [0.5, 0.6) is 0 Å². The number of hydrogen-bond acceptors (Lipinski definition) is 4. The highest BCUT2D eigenvalue weighted by Crippen LogP contribution is 2.21. The van der Waals surface area contributed by atoms with Crippen LogP contribution in [0.3, 0.4) is 0 Å². The monoisotopic (exact) mass is 374 g/mol. The van der Waals surface area contributed by atoms with Crippen LogP contribution in [-0.2, 0) is 14.4 Å². The molecule has 0 bridgehead atoms. The van der Waals surface area contributed by atoms with Crippen LogP contribution in [0, 0.1) is 0 Å². The predicted octanol–water partition coefficient (Wildman–Crippen LogP) is 1.71. The third-order valence-electron chi connectivity index (χ3n) is 2.34. The average Bonchev–Trinajstić information content (AvgIpc) is 2.39. The molecule has 2 amide bonds. The van der Waals surface area contributed by atoms with E-state index < -0.39 is 17.9 Å². The number of halogens is 1. The molecular weight excluding hydrogens is 360 g/mol. The quantitative estimate of drug-likeness (QED) is 0.675. The zero-order chi connectivity index (χ0) is 15.8. The fourth-order valence-electron chi connectivity index (χ4n) is 1.44. The van der Waals surface area contributed by atoms with Crippen molar-refractivity contribution in [2.45, 2.75) is 13.0 Å². The first kappa shape index (κ1) is 17.5. The Morgan fingerprint density at radius 2 is 2.00 bits per heavy atom. The van der Waals surface area contributed by atoms with Gasteiger partial charge in [0.15, 0.2) is 0 Å². The molecule has 0 radical (unpaired) electrons. The number of benzene rings is 1. The summed E-state index contributed by atoms with van der Waals surface area (Å²) in [7, 11) is 0. The molecule has 0 saturated heterocycles. The number of carbonyl (C=O) groups is 3. The SMILES string of the molecule is CC(=O)NC(CSCC(=O)Nc1ccccc1Br)C(=O)O. The van der Waals surface area contributed by atoms with Crippen LogP contribution in [0.1, 0.15) is 6.92 Å². The molecule has 0 fully saturated rings. The topological polar surface area (TPSA) is 95.5 Å². The maximum Gasteiger partial charge on any atom is 0.327 e. The lowest BCUT2D eigenvalue weighted by molar-refractivity contribution is -0.140. The van der Waals surface area contributed by atoms with Crippen LogP contribution >= 0.6 is 27.7 Å². The van der Waals surface area contributed by atoms with Gasteiger partial charge in [-0.1, -0.05) is 12.1 Å². The van der Waals surface area contributed by atoms with E-state index in [9.17, 15) is 14.4 Å². The van der Waals surface area contributed by atoms with E-state index >= 15 is 0 Å². The fraction of sp³-hybridized carbons (Fsp3) is 0.308. The molecule has 0 spiro atoms. The number of carbonyl (C=O) groups excluding carboxylic acids is 2. The van der Waals surface area contributed by atoms with E-state index in [2.05, 4.69) is 26.6 Å². The van der Waals surface area contributed by atoms with Gasteiger partial charge in [-0.15, -0.1) is 11.8 Å². The molecule has 8 heteroatoms. The minimum Gasteiger partial charge on any atom is -0.480 e. The van der Waals surface area contributed by atoms with E-state index in [4.69, 9.17) is 5.11 Å². The molecule has 0 aromatic heterocycles. The molecular formula is C13H15BrN2O4S. The van der Waals surface area contributed by atoms with Crippen LogP contribution in [0.2, 0.25) is 0 Å². The second kappa shape index (κ2) is 8.68. The number of carboxylic acid groups (broad SMARTS) is 1. The normalized spacial score (nSPS) is 11.5. The Morgan fingerprint density at radius 1 is 1.33 bits per heavy atom. The molecule has 0 aliphatic carbocycles. The third-order valence-corrected chi connectivity index (χ3v) is 4.07. The summed E-state index contributed by atoms with van der Waals surface area (Å²) in [5.41, 5.74) is 0.653. The first-order valence-corrected chi connectivity index (χ1v) is 7.97. The minimum atomic E-state index is -1.12. The third kappa shape index (κ3) is 6.63. The highest BCUT2D eigenvalue weighted by Gasteiger charge is 2.18. The molecule has 0 aliphatic rings. The Balaban J connectivity index is 2.41. The molecule has 1 rings (SSSR count). The summed E-state index contributed by atoms with van der Waals surface area (Å²) in [5, 5.41) is 14.0. The van der Waals surface area contributed by atoms with Gasteiger partial charge >= 0.3 is 5.97 Å². The van der Waals surface area contributed by atoms with E-state index in [1.165, 1.54) is 6.92 Å². The average molecular weight is 375 g/mol. The summed E-state index contributed by atoms with van der Waals surface area (Å²) >= 11 is 4.46. The van der Waals surface area contributed by atoms with Crippen molar-refractivity contribution in [2.24, 2.45) is 0 Å². The van der Waals surface area contributed by atoms with Crippen molar-refractivity contribution < 1.29 is 19.5 Å². The Hall–Kier alpha value is -1.54. The van der Waals surface area contributed by atoms with Crippen molar-refractivity contribution in [3.8, 4) is 0 Å². The number of rotatable bonds is 7. The second-order valence-electron chi connectivity index (χ2n) is 4.13. The number of para-hydroxylation sites is 1. The lowest BCUT2D eigenvalue weighted by atomic mass is 10.3. The van der Waals surface area contributed by atoms with Gasteiger partial charge in [0.1, 0.15) is 6.04 Å². The van der Waals surface area contributed by atoms with Gasteiger partial charge in [-0.3, -0.25) is 9.59 Å². The maximum atomic E-state index is 11.8. The molecule has 0 heterocycles. The van der Waals surface area contributed by atoms with E-state index in [0.717, 1.165) is 16.2 Å². The van der Waals surface area contributed by atoms with E-state index in [0.29, 0.717) is 5.69 Å². The standard InChI is InChI=1S/C13H15BrN2O4S/c1-8(17)15-11(13(19)20)6-21-7-12(18)16-10-5-3-2-4-9(10)14/h2-5,11H,6-7H2,1H3,(H,15,17)(H,16,18)(H,19,20). The van der Waals surface area contributed by atoms with Gasteiger partial charge in [0, 0.05) is 17.1 Å². The van der Waals surface area contributed by atoms with Gasteiger partial charge in [0.25, 0.3) is 0 Å². The Morgan fingerprint density at radius 3 is 2.57 bits per heavy atom. The lowest BCUT2D eigenvalue weighted by Crippen LogP contribution is -2.41. The molecule has 1 aromatic carbocycles. The molecule has 21 heavy (non-hydrogen) atoms. The van der Waals surface area contributed by atoms with E-state index in [1.54, 1.807) is 18.2 Å². The number of anilines is 1. The number of hydrogen-bond donors (Lipinski definition) is 3. The van der Waals surface area contributed by atoms with Crippen LogP contribution in [0.4, 0.5) is 5.69 Å².